The van der Waals surface area contributed by atoms with E-state index < -0.39 is 12.1 Å². The van der Waals surface area contributed by atoms with E-state index in [1.807, 2.05) is 26.0 Å². The average molecular weight is 356 g/mol. The first-order valence-corrected chi connectivity index (χ1v) is 9.47. The van der Waals surface area contributed by atoms with E-state index in [2.05, 4.69) is 17.2 Å². The Hall–Kier alpha value is -2.30. The zero-order valence-corrected chi connectivity index (χ0v) is 16.0. The first kappa shape index (κ1) is 18.5. The fourth-order valence-electron chi connectivity index (χ4n) is 3.70. The molecule has 0 saturated heterocycles. The van der Waals surface area contributed by atoms with Gasteiger partial charge in [0.1, 0.15) is 0 Å². The molecule has 5 nitrogen and oxygen atoms in total. The lowest BCUT2D eigenvalue weighted by Gasteiger charge is -2.30. The Kier molecular flexibility index (Phi) is 5.35. The molecular weight excluding hydrogens is 328 g/mol. The SMILES string of the molecule is Cc1[nH]c2ccc(C(=O)O[C@H](C)C(=O)N[C@@H]3CCCC[C@H]3C)cc2c1C. The van der Waals surface area contributed by atoms with Crippen LogP contribution in [0.2, 0.25) is 0 Å². The maximum atomic E-state index is 12.5. The van der Waals surface area contributed by atoms with Gasteiger partial charge < -0.3 is 15.0 Å². The van der Waals surface area contributed by atoms with Crippen LogP contribution in [-0.2, 0) is 9.53 Å². The van der Waals surface area contributed by atoms with Gasteiger partial charge in [-0.1, -0.05) is 19.8 Å². The Morgan fingerprint density at radius 2 is 1.96 bits per heavy atom. The molecule has 2 aromatic rings. The summed E-state index contributed by atoms with van der Waals surface area (Å²) in [4.78, 5) is 28.2. The van der Waals surface area contributed by atoms with Gasteiger partial charge in [-0.3, -0.25) is 4.79 Å². The molecule has 2 N–H and O–H groups in total. The molecule has 1 aliphatic carbocycles. The molecule has 0 aliphatic heterocycles. The molecular formula is C21H28N2O3. The van der Waals surface area contributed by atoms with Crippen molar-refractivity contribution >= 4 is 22.8 Å². The standard InChI is InChI=1S/C21H28N2O3/c1-12-7-5-6-8-18(12)23-20(24)15(4)26-21(25)16-9-10-19-17(11-16)13(2)14(3)22-19/h9-12,15,18,22H,5-8H2,1-4H3,(H,23,24)/t12-,15-,18-/m1/s1. The number of H-pyrrole nitrogens is 1. The number of rotatable bonds is 4. The van der Waals surface area contributed by atoms with Gasteiger partial charge in [0.15, 0.2) is 6.10 Å². The molecule has 3 atom stereocenters. The third kappa shape index (κ3) is 3.76. The predicted molar refractivity (Wildman–Crippen MR) is 102 cm³/mol. The van der Waals surface area contributed by atoms with Crippen LogP contribution < -0.4 is 5.32 Å². The molecule has 3 rings (SSSR count). The quantitative estimate of drug-likeness (QED) is 0.813. The highest BCUT2D eigenvalue weighted by molar-refractivity contribution is 5.97. The van der Waals surface area contributed by atoms with Gasteiger partial charge in [-0.25, -0.2) is 4.79 Å². The molecule has 0 radical (unpaired) electrons. The Bertz CT molecular complexity index is 824. The van der Waals surface area contributed by atoms with Gasteiger partial charge in [0.2, 0.25) is 0 Å². The highest BCUT2D eigenvalue weighted by Gasteiger charge is 2.26. The van der Waals surface area contributed by atoms with Crippen molar-refractivity contribution in [3.05, 3.63) is 35.0 Å². The minimum absolute atomic E-state index is 0.180. The first-order chi connectivity index (χ1) is 12.4. The van der Waals surface area contributed by atoms with Crippen molar-refractivity contribution < 1.29 is 14.3 Å². The molecule has 140 valence electrons. The molecule has 1 aromatic carbocycles. The van der Waals surface area contributed by atoms with Crippen molar-refractivity contribution in [1.29, 1.82) is 0 Å². The van der Waals surface area contributed by atoms with Crippen LogP contribution in [0.25, 0.3) is 10.9 Å². The van der Waals surface area contributed by atoms with Crippen molar-refractivity contribution in [2.45, 2.75) is 65.5 Å². The Labute approximate surface area is 154 Å². The maximum absolute atomic E-state index is 12.5. The molecule has 0 spiro atoms. The Balaban J connectivity index is 1.65. The number of esters is 1. The lowest BCUT2D eigenvalue weighted by atomic mass is 9.86. The van der Waals surface area contributed by atoms with Gasteiger partial charge in [-0.05, 0) is 63.3 Å². The van der Waals surface area contributed by atoms with Crippen LogP contribution in [-0.4, -0.2) is 29.0 Å². The van der Waals surface area contributed by atoms with Gasteiger partial charge in [0.25, 0.3) is 5.91 Å². The maximum Gasteiger partial charge on any atom is 0.338 e. The Morgan fingerprint density at radius 1 is 1.23 bits per heavy atom. The molecule has 1 heterocycles. The normalized spacial score (nSPS) is 21.4. The zero-order valence-electron chi connectivity index (χ0n) is 16.0. The zero-order chi connectivity index (χ0) is 18.8. The molecule has 0 unspecified atom stereocenters. The van der Waals surface area contributed by atoms with Crippen LogP contribution in [0.4, 0.5) is 0 Å². The van der Waals surface area contributed by atoms with E-state index in [9.17, 15) is 9.59 Å². The minimum Gasteiger partial charge on any atom is -0.449 e. The lowest BCUT2D eigenvalue weighted by Crippen LogP contribution is -2.45. The van der Waals surface area contributed by atoms with E-state index in [0.717, 1.165) is 41.4 Å². The van der Waals surface area contributed by atoms with Gasteiger partial charge in [-0.2, -0.15) is 0 Å². The fraction of sp³-hybridized carbons (Fsp3) is 0.524. The number of aromatic amines is 1. The molecule has 5 heteroatoms. The average Bonchev–Trinajstić information content (AvgIpc) is 2.90. The van der Waals surface area contributed by atoms with Crippen molar-refractivity contribution in [3.8, 4) is 0 Å². The second-order valence-electron chi connectivity index (χ2n) is 7.56. The van der Waals surface area contributed by atoms with E-state index in [4.69, 9.17) is 4.74 Å². The Morgan fingerprint density at radius 3 is 2.69 bits per heavy atom. The number of hydrogen-bond donors (Lipinski definition) is 2. The van der Waals surface area contributed by atoms with Crippen LogP contribution in [0.5, 0.6) is 0 Å². The minimum atomic E-state index is -0.804. The van der Waals surface area contributed by atoms with E-state index in [-0.39, 0.29) is 11.9 Å². The third-order valence-corrected chi connectivity index (χ3v) is 5.64. The van der Waals surface area contributed by atoms with Gasteiger partial charge in [-0.15, -0.1) is 0 Å². The highest BCUT2D eigenvalue weighted by Crippen LogP contribution is 2.24. The smallest absolute Gasteiger partial charge is 0.338 e. The highest BCUT2D eigenvalue weighted by atomic mass is 16.5. The molecule has 1 aromatic heterocycles. The molecule has 1 amide bonds. The number of amides is 1. The number of nitrogens with one attached hydrogen (secondary N) is 2. The van der Waals surface area contributed by atoms with Gasteiger partial charge in [0, 0.05) is 22.6 Å². The van der Waals surface area contributed by atoms with E-state index in [0.29, 0.717) is 11.5 Å². The predicted octanol–water partition coefficient (Wildman–Crippen LogP) is 4.02. The van der Waals surface area contributed by atoms with Crippen LogP contribution in [0.3, 0.4) is 0 Å². The number of fused-ring (bicyclic) bond motifs is 1. The molecule has 1 fully saturated rings. The van der Waals surface area contributed by atoms with Crippen molar-refractivity contribution in [2.75, 3.05) is 0 Å². The van der Waals surface area contributed by atoms with Crippen LogP contribution >= 0.6 is 0 Å². The number of carbonyl (C=O) groups excluding carboxylic acids is 2. The topological polar surface area (TPSA) is 71.2 Å². The van der Waals surface area contributed by atoms with E-state index >= 15 is 0 Å². The summed E-state index contributed by atoms with van der Waals surface area (Å²) in [5, 5.41) is 4.05. The number of hydrogen-bond acceptors (Lipinski definition) is 3. The molecule has 1 aliphatic rings. The largest absolute Gasteiger partial charge is 0.449 e. The van der Waals surface area contributed by atoms with Gasteiger partial charge in [0.05, 0.1) is 5.56 Å². The number of aromatic nitrogens is 1. The second-order valence-corrected chi connectivity index (χ2v) is 7.56. The monoisotopic (exact) mass is 356 g/mol. The lowest BCUT2D eigenvalue weighted by molar-refractivity contribution is -0.130. The van der Waals surface area contributed by atoms with Crippen LogP contribution in [0, 0.1) is 19.8 Å². The number of ether oxygens (including phenoxy) is 1. The summed E-state index contributed by atoms with van der Waals surface area (Å²) in [6.07, 6.45) is 3.68. The third-order valence-electron chi connectivity index (χ3n) is 5.64. The van der Waals surface area contributed by atoms with Crippen molar-refractivity contribution in [2.24, 2.45) is 5.92 Å². The van der Waals surface area contributed by atoms with Crippen LogP contribution in [0.15, 0.2) is 18.2 Å². The fourth-order valence-corrected chi connectivity index (χ4v) is 3.70. The molecule has 0 bridgehead atoms. The molecule has 26 heavy (non-hydrogen) atoms. The van der Waals surface area contributed by atoms with E-state index in [1.165, 1.54) is 6.42 Å². The number of benzene rings is 1. The van der Waals surface area contributed by atoms with Crippen molar-refractivity contribution in [1.82, 2.24) is 10.3 Å². The van der Waals surface area contributed by atoms with E-state index in [1.54, 1.807) is 13.0 Å². The number of carbonyl (C=O) groups is 2. The summed E-state index contributed by atoms with van der Waals surface area (Å²) >= 11 is 0. The summed E-state index contributed by atoms with van der Waals surface area (Å²) in [5.41, 5.74) is 3.66. The summed E-state index contributed by atoms with van der Waals surface area (Å²) < 4.78 is 5.41. The molecule has 1 saturated carbocycles. The summed E-state index contributed by atoms with van der Waals surface area (Å²) in [7, 11) is 0. The second kappa shape index (κ2) is 7.52. The van der Waals surface area contributed by atoms with Gasteiger partial charge >= 0.3 is 5.97 Å². The summed E-state index contributed by atoms with van der Waals surface area (Å²) in [6, 6.07) is 5.61. The summed E-state index contributed by atoms with van der Waals surface area (Å²) in [6.45, 7) is 7.82. The van der Waals surface area contributed by atoms with Crippen LogP contribution in [0.1, 0.15) is 61.1 Å². The first-order valence-electron chi connectivity index (χ1n) is 9.47. The van der Waals surface area contributed by atoms with Crippen molar-refractivity contribution in [3.63, 3.8) is 0 Å². The summed E-state index contributed by atoms with van der Waals surface area (Å²) in [5.74, 6) is -0.214. The number of aryl methyl sites for hydroxylation is 2.